The molecule has 0 bridgehead atoms. The monoisotopic (exact) mass is 241 g/mol. The highest BCUT2D eigenvalue weighted by Gasteiger charge is 2.27. The number of hydrogen-bond donors (Lipinski definition) is 1. The third kappa shape index (κ3) is 2.44. The van der Waals surface area contributed by atoms with Crippen molar-refractivity contribution < 1.29 is 5.11 Å². The Balaban J connectivity index is 2.23. The molecule has 1 saturated heterocycles. The number of piperidine rings is 1. The van der Waals surface area contributed by atoms with E-state index in [9.17, 15) is 5.11 Å². The van der Waals surface area contributed by atoms with E-state index in [0.717, 1.165) is 31.6 Å². The highest BCUT2D eigenvalue weighted by atomic mass is 35.5. The Morgan fingerprint density at radius 3 is 3.00 bits per heavy atom. The van der Waals surface area contributed by atoms with Crippen molar-refractivity contribution in [2.24, 2.45) is 0 Å². The standard InChI is InChI=1S/C11H16ClN3O/c1-8(16)9-4-2-3-5-15(9)11-6-10(12)13-7-14-11/h6-9,16H,2-5H2,1H3/t8-,9-/m1/s1. The third-order valence-electron chi connectivity index (χ3n) is 3.02. The molecule has 5 heteroatoms. The van der Waals surface area contributed by atoms with Crippen LogP contribution < -0.4 is 4.90 Å². The summed E-state index contributed by atoms with van der Waals surface area (Å²) in [4.78, 5) is 10.2. The van der Waals surface area contributed by atoms with Gasteiger partial charge in [0.15, 0.2) is 0 Å². The number of hydrogen-bond acceptors (Lipinski definition) is 4. The molecule has 1 aromatic heterocycles. The van der Waals surface area contributed by atoms with Gasteiger partial charge in [-0.2, -0.15) is 0 Å². The van der Waals surface area contributed by atoms with Crippen molar-refractivity contribution in [3.8, 4) is 0 Å². The van der Waals surface area contributed by atoms with E-state index < -0.39 is 0 Å². The van der Waals surface area contributed by atoms with Crippen LogP contribution in [0.1, 0.15) is 26.2 Å². The van der Waals surface area contributed by atoms with Crippen molar-refractivity contribution in [3.05, 3.63) is 17.5 Å². The third-order valence-corrected chi connectivity index (χ3v) is 3.23. The highest BCUT2D eigenvalue weighted by molar-refractivity contribution is 6.29. The summed E-state index contributed by atoms with van der Waals surface area (Å²) in [5.41, 5.74) is 0. The summed E-state index contributed by atoms with van der Waals surface area (Å²) in [6, 6.07) is 1.89. The molecule has 1 fully saturated rings. The molecule has 0 aliphatic carbocycles. The highest BCUT2D eigenvalue weighted by Crippen LogP contribution is 2.25. The molecule has 0 saturated carbocycles. The van der Waals surface area contributed by atoms with Gasteiger partial charge in [-0.1, -0.05) is 11.6 Å². The van der Waals surface area contributed by atoms with Gasteiger partial charge >= 0.3 is 0 Å². The topological polar surface area (TPSA) is 49.2 Å². The minimum Gasteiger partial charge on any atom is -0.391 e. The molecule has 0 spiro atoms. The summed E-state index contributed by atoms with van der Waals surface area (Å²) in [6.45, 7) is 2.74. The average Bonchev–Trinajstić information content (AvgIpc) is 2.29. The van der Waals surface area contributed by atoms with E-state index in [2.05, 4.69) is 14.9 Å². The van der Waals surface area contributed by atoms with Gasteiger partial charge in [0.05, 0.1) is 12.1 Å². The van der Waals surface area contributed by atoms with Gasteiger partial charge in [-0.3, -0.25) is 0 Å². The molecule has 0 unspecified atom stereocenters. The molecule has 1 aliphatic rings. The minimum absolute atomic E-state index is 0.139. The zero-order valence-corrected chi connectivity index (χ0v) is 10.1. The number of rotatable bonds is 2. The maximum absolute atomic E-state index is 9.76. The lowest BCUT2D eigenvalue weighted by molar-refractivity contribution is 0.145. The Hall–Kier alpha value is -0.870. The maximum Gasteiger partial charge on any atom is 0.134 e. The van der Waals surface area contributed by atoms with Crippen molar-refractivity contribution >= 4 is 17.4 Å². The SMILES string of the molecule is C[C@@H](O)[C@H]1CCCCN1c1cc(Cl)ncn1. The van der Waals surface area contributed by atoms with Gasteiger partial charge in [-0.05, 0) is 26.2 Å². The first kappa shape index (κ1) is 11.6. The zero-order valence-electron chi connectivity index (χ0n) is 9.30. The van der Waals surface area contributed by atoms with Crippen molar-refractivity contribution in [1.29, 1.82) is 0 Å². The number of aliphatic hydroxyl groups excluding tert-OH is 1. The molecule has 0 radical (unpaired) electrons. The second-order valence-electron chi connectivity index (χ2n) is 4.20. The maximum atomic E-state index is 9.76. The van der Waals surface area contributed by atoms with Gasteiger partial charge in [-0.15, -0.1) is 0 Å². The minimum atomic E-state index is -0.353. The van der Waals surface area contributed by atoms with Crippen LogP contribution in [0.5, 0.6) is 0 Å². The second kappa shape index (κ2) is 4.97. The van der Waals surface area contributed by atoms with Gasteiger partial charge in [0.2, 0.25) is 0 Å². The first-order valence-corrected chi connectivity index (χ1v) is 5.98. The number of aliphatic hydroxyl groups is 1. The molecule has 0 aromatic carbocycles. The molecule has 2 heterocycles. The summed E-state index contributed by atoms with van der Waals surface area (Å²) in [5.74, 6) is 0.811. The predicted molar refractivity (Wildman–Crippen MR) is 63.7 cm³/mol. The Morgan fingerprint density at radius 2 is 2.31 bits per heavy atom. The van der Waals surface area contributed by atoms with Crippen LogP contribution in [0.25, 0.3) is 0 Å². The van der Waals surface area contributed by atoms with E-state index in [4.69, 9.17) is 11.6 Å². The molecular weight excluding hydrogens is 226 g/mol. The fourth-order valence-electron chi connectivity index (χ4n) is 2.22. The zero-order chi connectivity index (χ0) is 11.5. The van der Waals surface area contributed by atoms with Crippen molar-refractivity contribution in [2.45, 2.75) is 38.3 Å². The fourth-order valence-corrected chi connectivity index (χ4v) is 2.37. The molecule has 2 atom stereocenters. The molecule has 1 aliphatic heterocycles. The van der Waals surface area contributed by atoms with Crippen LogP contribution in [0, 0.1) is 0 Å². The van der Waals surface area contributed by atoms with Crippen LogP contribution in [-0.2, 0) is 0 Å². The number of nitrogens with zero attached hydrogens (tertiary/aromatic N) is 3. The molecule has 1 aromatic rings. The Morgan fingerprint density at radius 1 is 1.50 bits per heavy atom. The predicted octanol–water partition coefficient (Wildman–Crippen LogP) is 1.87. The Bertz CT molecular complexity index is 359. The summed E-state index contributed by atoms with van der Waals surface area (Å²) in [5, 5.41) is 10.2. The second-order valence-corrected chi connectivity index (χ2v) is 4.58. The normalized spacial score (nSPS) is 23.2. The van der Waals surface area contributed by atoms with E-state index >= 15 is 0 Å². The van der Waals surface area contributed by atoms with Gasteiger partial charge in [0, 0.05) is 12.6 Å². The summed E-state index contributed by atoms with van der Waals surface area (Å²) >= 11 is 5.85. The quantitative estimate of drug-likeness (QED) is 0.804. The number of anilines is 1. The van der Waals surface area contributed by atoms with Crippen LogP contribution in [0.3, 0.4) is 0 Å². The smallest absolute Gasteiger partial charge is 0.134 e. The molecular formula is C11H16ClN3O. The first-order chi connectivity index (χ1) is 7.68. The number of aromatic nitrogens is 2. The van der Waals surface area contributed by atoms with Crippen LogP contribution >= 0.6 is 11.6 Å². The first-order valence-electron chi connectivity index (χ1n) is 5.61. The van der Waals surface area contributed by atoms with Gasteiger partial charge in [-0.25, -0.2) is 9.97 Å². The van der Waals surface area contributed by atoms with E-state index in [1.54, 1.807) is 6.07 Å². The summed E-state index contributed by atoms with van der Waals surface area (Å²) in [6.07, 6.45) is 4.40. The molecule has 0 amide bonds. The van der Waals surface area contributed by atoms with E-state index in [1.807, 2.05) is 6.92 Å². The van der Waals surface area contributed by atoms with Gasteiger partial charge in [0.1, 0.15) is 17.3 Å². The summed E-state index contributed by atoms with van der Waals surface area (Å²) in [7, 11) is 0. The lowest BCUT2D eigenvalue weighted by atomic mass is 9.98. The Kier molecular flexibility index (Phi) is 3.61. The van der Waals surface area contributed by atoms with Crippen LogP contribution in [0.2, 0.25) is 5.15 Å². The van der Waals surface area contributed by atoms with Crippen molar-refractivity contribution in [2.75, 3.05) is 11.4 Å². The molecule has 2 rings (SSSR count). The van der Waals surface area contributed by atoms with Crippen molar-refractivity contribution in [3.63, 3.8) is 0 Å². The summed E-state index contributed by atoms with van der Waals surface area (Å²) < 4.78 is 0. The molecule has 88 valence electrons. The average molecular weight is 242 g/mol. The fraction of sp³-hybridized carbons (Fsp3) is 0.636. The Labute approximate surface area is 100 Å². The van der Waals surface area contributed by atoms with E-state index in [-0.39, 0.29) is 12.1 Å². The van der Waals surface area contributed by atoms with Crippen LogP contribution in [-0.4, -0.2) is 33.8 Å². The van der Waals surface area contributed by atoms with E-state index in [0.29, 0.717) is 5.15 Å². The lowest BCUT2D eigenvalue weighted by Crippen LogP contribution is -2.46. The van der Waals surface area contributed by atoms with Crippen LogP contribution in [0.4, 0.5) is 5.82 Å². The van der Waals surface area contributed by atoms with Gasteiger partial charge < -0.3 is 10.0 Å². The number of halogens is 1. The molecule has 16 heavy (non-hydrogen) atoms. The molecule has 4 nitrogen and oxygen atoms in total. The van der Waals surface area contributed by atoms with E-state index in [1.165, 1.54) is 6.33 Å². The lowest BCUT2D eigenvalue weighted by Gasteiger charge is -2.38. The van der Waals surface area contributed by atoms with Crippen LogP contribution in [0.15, 0.2) is 12.4 Å². The van der Waals surface area contributed by atoms with Gasteiger partial charge in [0.25, 0.3) is 0 Å². The molecule has 1 N–H and O–H groups in total. The largest absolute Gasteiger partial charge is 0.391 e. The van der Waals surface area contributed by atoms with Crippen molar-refractivity contribution in [1.82, 2.24) is 9.97 Å².